The van der Waals surface area contributed by atoms with Crippen molar-refractivity contribution in [2.75, 3.05) is 18.4 Å². The molecule has 124 valence electrons. The van der Waals surface area contributed by atoms with Crippen LogP contribution in [0.4, 0.5) is 10.5 Å². The van der Waals surface area contributed by atoms with Crippen molar-refractivity contribution in [3.63, 3.8) is 0 Å². The maximum Gasteiger partial charge on any atom is 0.321 e. The molecule has 4 heteroatoms. The number of aromatic nitrogens is 1. The summed E-state index contributed by atoms with van der Waals surface area (Å²) in [4.78, 5) is 18.3. The average molecular weight is 321 g/mol. The number of hydrogen-bond donors (Lipinski definition) is 1. The van der Waals surface area contributed by atoms with E-state index in [1.165, 1.54) is 16.7 Å². The largest absolute Gasteiger partial charge is 0.324 e. The molecule has 0 bridgehead atoms. The molecular weight excluding hydrogens is 298 g/mol. The Morgan fingerprint density at radius 3 is 2.92 bits per heavy atom. The van der Waals surface area contributed by atoms with Crippen LogP contribution in [0.15, 0.2) is 54.4 Å². The van der Waals surface area contributed by atoms with Crippen molar-refractivity contribution < 1.29 is 4.79 Å². The zero-order chi connectivity index (χ0) is 16.9. The van der Waals surface area contributed by atoms with Crippen molar-refractivity contribution >= 4 is 17.8 Å². The number of amides is 2. The molecule has 4 nitrogen and oxygen atoms in total. The zero-order valence-corrected chi connectivity index (χ0v) is 14.2. The van der Waals surface area contributed by atoms with Crippen LogP contribution in [-0.4, -0.2) is 29.0 Å². The summed E-state index contributed by atoms with van der Waals surface area (Å²) in [5.41, 5.74) is 4.65. The summed E-state index contributed by atoms with van der Waals surface area (Å²) in [6.45, 7) is 5.78. The number of anilines is 1. The van der Waals surface area contributed by atoms with Gasteiger partial charge in [0.05, 0.1) is 11.9 Å². The number of urea groups is 1. The van der Waals surface area contributed by atoms with Crippen molar-refractivity contribution in [3.8, 4) is 0 Å². The molecule has 0 saturated carbocycles. The first kappa shape index (κ1) is 16.2. The van der Waals surface area contributed by atoms with Gasteiger partial charge in [0.15, 0.2) is 0 Å². The fourth-order valence-electron chi connectivity index (χ4n) is 3.06. The van der Waals surface area contributed by atoms with E-state index in [9.17, 15) is 4.79 Å². The Bertz CT molecular complexity index is 740. The fraction of sp³-hybridized carbons (Fsp3) is 0.300. The van der Waals surface area contributed by atoms with Crippen LogP contribution in [0.1, 0.15) is 24.5 Å². The third-order valence-corrected chi connectivity index (χ3v) is 4.39. The predicted octanol–water partition coefficient (Wildman–Crippen LogP) is 4.35. The third kappa shape index (κ3) is 4.02. The quantitative estimate of drug-likeness (QED) is 0.894. The fourth-order valence-corrected chi connectivity index (χ4v) is 3.06. The van der Waals surface area contributed by atoms with E-state index in [1.54, 1.807) is 12.4 Å². The van der Waals surface area contributed by atoms with Crippen molar-refractivity contribution in [1.82, 2.24) is 9.88 Å². The van der Waals surface area contributed by atoms with E-state index in [2.05, 4.69) is 54.5 Å². The number of pyridine rings is 1. The lowest BCUT2D eigenvalue weighted by molar-refractivity contribution is 0.198. The number of carbonyl (C=O) groups is 1. The number of rotatable bonds is 2. The lowest BCUT2D eigenvalue weighted by Gasteiger charge is -2.33. The SMILES string of the molecule is Cc1cccc(/C=C2\CCN(C(=O)Nc3cccnc3)CC2C)c1. The second-order valence-electron chi connectivity index (χ2n) is 6.40. The molecule has 3 rings (SSSR count). The van der Waals surface area contributed by atoms with Crippen LogP contribution in [0.25, 0.3) is 6.08 Å². The van der Waals surface area contributed by atoms with Crippen molar-refractivity contribution in [1.29, 1.82) is 0 Å². The number of nitrogens with one attached hydrogen (secondary N) is 1. The molecule has 1 N–H and O–H groups in total. The van der Waals surface area contributed by atoms with Gasteiger partial charge >= 0.3 is 6.03 Å². The molecule has 0 spiro atoms. The van der Waals surface area contributed by atoms with Crippen molar-refractivity contribution in [2.45, 2.75) is 20.3 Å². The van der Waals surface area contributed by atoms with Gasteiger partial charge in [-0.25, -0.2) is 4.79 Å². The maximum atomic E-state index is 12.4. The molecule has 1 atom stereocenters. The number of benzene rings is 1. The van der Waals surface area contributed by atoms with Gasteiger partial charge in [-0.3, -0.25) is 4.98 Å². The summed E-state index contributed by atoms with van der Waals surface area (Å²) in [5, 5.41) is 2.91. The summed E-state index contributed by atoms with van der Waals surface area (Å²) in [6, 6.07) is 12.1. The maximum absolute atomic E-state index is 12.4. The Morgan fingerprint density at radius 2 is 2.21 bits per heavy atom. The average Bonchev–Trinajstić information content (AvgIpc) is 2.57. The van der Waals surface area contributed by atoms with E-state index in [0.717, 1.165) is 25.2 Å². The number of piperidine rings is 1. The minimum absolute atomic E-state index is 0.0514. The molecule has 1 saturated heterocycles. The van der Waals surface area contributed by atoms with Gasteiger partial charge in [0.2, 0.25) is 0 Å². The monoisotopic (exact) mass is 321 g/mol. The molecule has 0 aliphatic carbocycles. The third-order valence-electron chi connectivity index (χ3n) is 4.39. The highest BCUT2D eigenvalue weighted by molar-refractivity contribution is 5.89. The van der Waals surface area contributed by atoms with Gasteiger partial charge in [-0.1, -0.05) is 48.4 Å². The van der Waals surface area contributed by atoms with E-state index in [1.807, 2.05) is 17.0 Å². The molecule has 2 amide bonds. The van der Waals surface area contributed by atoms with Gasteiger partial charge in [-0.05, 0) is 37.0 Å². The van der Waals surface area contributed by atoms with E-state index in [4.69, 9.17) is 0 Å². The minimum Gasteiger partial charge on any atom is -0.324 e. The Hall–Kier alpha value is -2.62. The highest BCUT2D eigenvalue weighted by Gasteiger charge is 2.24. The van der Waals surface area contributed by atoms with Crippen LogP contribution in [0.2, 0.25) is 0 Å². The van der Waals surface area contributed by atoms with Crippen molar-refractivity contribution in [2.24, 2.45) is 5.92 Å². The van der Waals surface area contributed by atoms with Crippen LogP contribution >= 0.6 is 0 Å². The Labute approximate surface area is 143 Å². The normalized spacial score (nSPS) is 19.3. The molecule has 0 radical (unpaired) electrons. The lowest BCUT2D eigenvalue weighted by Crippen LogP contribution is -2.42. The summed E-state index contributed by atoms with van der Waals surface area (Å²) in [5.74, 6) is 0.360. The standard InChI is InChI=1S/C20H23N3O/c1-15-5-3-6-17(11-15)12-18-8-10-23(14-16(18)2)20(24)22-19-7-4-9-21-13-19/h3-7,9,11-13,16H,8,10,14H2,1-2H3,(H,22,24)/b18-12+. The second kappa shape index (κ2) is 7.30. The van der Waals surface area contributed by atoms with Gasteiger partial charge in [0.1, 0.15) is 0 Å². The summed E-state index contributed by atoms with van der Waals surface area (Å²) in [6.07, 6.45) is 6.54. The van der Waals surface area contributed by atoms with Crippen LogP contribution in [-0.2, 0) is 0 Å². The molecule has 24 heavy (non-hydrogen) atoms. The first-order valence-corrected chi connectivity index (χ1v) is 8.35. The summed E-state index contributed by atoms with van der Waals surface area (Å²) in [7, 11) is 0. The van der Waals surface area contributed by atoms with Crippen LogP contribution in [0.3, 0.4) is 0 Å². The Morgan fingerprint density at radius 1 is 1.33 bits per heavy atom. The summed E-state index contributed by atoms with van der Waals surface area (Å²) >= 11 is 0. The van der Waals surface area contributed by atoms with Gasteiger partial charge < -0.3 is 10.2 Å². The topological polar surface area (TPSA) is 45.2 Å². The van der Waals surface area contributed by atoms with Gasteiger partial charge in [-0.15, -0.1) is 0 Å². The highest BCUT2D eigenvalue weighted by Crippen LogP contribution is 2.25. The van der Waals surface area contributed by atoms with E-state index in [-0.39, 0.29) is 6.03 Å². The molecule has 1 aromatic carbocycles. The summed E-state index contributed by atoms with van der Waals surface area (Å²) < 4.78 is 0. The molecule has 1 unspecified atom stereocenters. The number of carbonyl (C=O) groups excluding carboxylic acids is 1. The predicted molar refractivity (Wildman–Crippen MR) is 97.8 cm³/mol. The molecule has 1 aliphatic heterocycles. The molecular formula is C20H23N3O. The molecule has 2 heterocycles. The highest BCUT2D eigenvalue weighted by atomic mass is 16.2. The molecule has 1 aromatic heterocycles. The smallest absolute Gasteiger partial charge is 0.321 e. The van der Waals surface area contributed by atoms with Gasteiger partial charge in [0.25, 0.3) is 0 Å². The van der Waals surface area contributed by atoms with E-state index in [0.29, 0.717) is 5.92 Å². The lowest BCUT2D eigenvalue weighted by atomic mass is 9.91. The van der Waals surface area contributed by atoms with Crippen LogP contribution in [0, 0.1) is 12.8 Å². The van der Waals surface area contributed by atoms with Crippen LogP contribution < -0.4 is 5.32 Å². The van der Waals surface area contributed by atoms with Gasteiger partial charge in [0, 0.05) is 19.3 Å². The number of likely N-dealkylation sites (tertiary alicyclic amines) is 1. The minimum atomic E-state index is -0.0514. The molecule has 1 aliphatic rings. The van der Waals surface area contributed by atoms with E-state index >= 15 is 0 Å². The Balaban J connectivity index is 1.63. The Kier molecular flexibility index (Phi) is 4.94. The van der Waals surface area contributed by atoms with Gasteiger partial charge in [-0.2, -0.15) is 0 Å². The first-order valence-electron chi connectivity index (χ1n) is 8.35. The number of hydrogen-bond acceptors (Lipinski definition) is 2. The van der Waals surface area contributed by atoms with Crippen molar-refractivity contribution in [3.05, 3.63) is 65.5 Å². The second-order valence-corrected chi connectivity index (χ2v) is 6.40. The van der Waals surface area contributed by atoms with Crippen LogP contribution in [0.5, 0.6) is 0 Å². The number of nitrogens with zero attached hydrogens (tertiary/aromatic N) is 2. The molecule has 2 aromatic rings. The zero-order valence-electron chi connectivity index (χ0n) is 14.2. The first-order chi connectivity index (χ1) is 11.6. The van der Waals surface area contributed by atoms with E-state index < -0.39 is 0 Å². The number of aryl methyl sites for hydroxylation is 1. The molecule has 1 fully saturated rings.